The minimum atomic E-state index is -0.449. The summed E-state index contributed by atoms with van der Waals surface area (Å²) in [7, 11) is 3.23. The molecule has 1 aromatic heterocycles. The Morgan fingerprint density at radius 3 is 2.48 bits per heavy atom. The SMILES string of the molecule is CN(C)C(=O)c1cc(NC(=O)Cn2nc(-c3ccccc3)ccc2=O)ccc1Cl. The van der Waals surface area contributed by atoms with Crippen molar-refractivity contribution in [1.82, 2.24) is 14.7 Å². The summed E-state index contributed by atoms with van der Waals surface area (Å²) in [4.78, 5) is 38.1. The van der Waals surface area contributed by atoms with Crippen molar-refractivity contribution in [3.8, 4) is 11.3 Å². The highest BCUT2D eigenvalue weighted by Crippen LogP contribution is 2.22. The van der Waals surface area contributed by atoms with Crippen LogP contribution in [0.2, 0.25) is 5.02 Å². The van der Waals surface area contributed by atoms with E-state index in [1.165, 1.54) is 23.1 Å². The number of carbonyl (C=O) groups is 2. The zero-order valence-electron chi connectivity index (χ0n) is 15.9. The fourth-order valence-electron chi connectivity index (χ4n) is 2.67. The zero-order valence-corrected chi connectivity index (χ0v) is 16.7. The van der Waals surface area contributed by atoms with Gasteiger partial charge < -0.3 is 10.2 Å². The summed E-state index contributed by atoms with van der Waals surface area (Å²) < 4.78 is 1.10. The molecule has 0 radical (unpaired) electrons. The molecule has 8 heteroatoms. The fourth-order valence-corrected chi connectivity index (χ4v) is 2.87. The monoisotopic (exact) mass is 410 g/mol. The van der Waals surface area contributed by atoms with Gasteiger partial charge in [0.05, 0.1) is 16.3 Å². The molecular formula is C21H19ClN4O3. The lowest BCUT2D eigenvalue weighted by atomic mass is 10.1. The first-order valence-electron chi connectivity index (χ1n) is 8.80. The average molecular weight is 411 g/mol. The van der Waals surface area contributed by atoms with Gasteiger partial charge in [0.1, 0.15) is 6.54 Å². The van der Waals surface area contributed by atoms with Crippen LogP contribution < -0.4 is 10.9 Å². The maximum absolute atomic E-state index is 12.4. The predicted octanol–water partition coefficient (Wildman–Crippen LogP) is 2.90. The molecule has 29 heavy (non-hydrogen) atoms. The molecule has 2 aromatic carbocycles. The smallest absolute Gasteiger partial charge is 0.267 e. The molecule has 0 saturated carbocycles. The van der Waals surface area contributed by atoms with Gasteiger partial charge in [0.2, 0.25) is 5.91 Å². The van der Waals surface area contributed by atoms with Crippen molar-refractivity contribution >= 4 is 29.1 Å². The summed E-state index contributed by atoms with van der Waals surface area (Å²) in [6.07, 6.45) is 0. The van der Waals surface area contributed by atoms with Crippen LogP contribution in [-0.2, 0) is 11.3 Å². The van der Waals surface area contributed by atoms with Crippen molar-refractivity contribution in [2.24, 2.45) is 0 Å². The van der Waals surface area contributed by atoms with Gasteiger partial charge in [-0.3, -0.25) is 14.4 Å². The highest BCUT2D eigenvalue weighted by molar-refractivity contribution is 6.34. The van der Waals surface area contributed by atoms with Gasteiger partial charge in [-0.2, -0.15) is 5.10 Å². The van der Waals surface area contributed by atoms with E-state index in [2.05, 4.69) is 10.4 Å². The fraction of sp³-hybridized carbons (Fsp3) is 0.143. The second kappa shape index (κ2) is 8.70. The van der Waals surface area contributed by atoms with E-state index in [1.54, 1.807) is 26.2 Å². The number of amides is 2. The van der Waals surface area contributed by atoms with Crippen LogP contribution in [0.1, 0.15) is 10.4 Å². The van der Waals surface area contributed by atoms with Crippen LogP contribution in [0.5, 0.6) is 0 Å². The molecule has 1 heterocycles. The molecule has 0 aliphatic heterocycles. The van der Waals surface area contributed by atoms with Crippen LogP contribution in [0.15, 0.2) is 65.5 Å². The Bertz CT molecular complexity index is 1110. The number of nitrogens with zero attached hydrogens (tertiary/aromatic N) is 3. The Morgan fingerprint density at radius 1 is 1.07 bits per heavy atom. The molecule has 0 atom stereocenters. The van der Waals surface area contributed by atoms with Crippen molar-refractivity contribution in [3.63, 3.8) is 0 Å². The lowest BCUT2D eigenvalue weighted by Gasteiger charge is -2.13. The topological polar surface area (TPSA) is 84.3 Å². The number of anilines is 1. The number of hydrogen-bond donors (Lipinski definition) is 1. The Balaban J connectivity index is 1.79. The molecule has 0 spiro atoms. The summed E-state index contributed by atoms with van der Waals surface area (Å²) in [6, 6.07) is 17.0. The van der Waals surface area contributed by atoms with Gasteiger partial charge in [-0.15, -0.1) is 0 Å². The summed E-state index contributed by atoms with van der Waals surface area (Å²) >= 11 is 6.08. The van der Waals surface area contributed by atoms with E-state index in [0.717, 1.165) is 10.2 Å². The Hall–Kier alpha value is -3.45. The minimum Gasteiger partial charge on any atom is -0.345 e. The highest BCUT2D eigenvalue weighted by Gasteiger charge is 2.14. The van der Waals surface area contributed by atoms with Gasteiger partial charge in [-0.25, -0.2) is 4.68 Å². The summed E-state index contributed by atoms with van der Waals surface area (Å²) in [6.45, 7) is -0.265. The van der Waals surface area contributed by atoms with Crippen molar-refractivity contribution in [2.45, 2.75) is 6.54 Å². The molecule has 2 amide bonds. The maximum atomic E-state index is 12.4. The van der Waals surface area contributed by atoms with E-state index in [0.29, 0.717) is 11.4 Å². The molecule has 0 aliphatic rings. The normalized spacial score (nSPS) is 10.4. The van der Waals surface area contributed by atoms with Crippen LogP contribution in [0.3, 0.4) is 0 Å². The van der Waals surface area contributed by atoms with E-state index >= 15 is 0 Å². The van der Waals surface area contributed by atoms with Gasteiger partial charge in [-0.1, -0.05) is 41.9 Å². The third kappa shape index (κ3) is 4.89. The van der Waals surface area contributed by atoms with Crippen LogP contribution in [-0.4, -0.2) is 40.6 Å². The first kappa shape index (κ1) is 20.3. The molecule has 0 bridgehead atoms. The number of benzene rings is 2. The number of rotatable bonds is 5. The van der Waals surface area contributed by atoms with Crippen molar-refractivity contribution in [1.29, 1.82) is 0 Å². The van der Waals surface area contributed by atoms with E-state index in [1.807, 2.05) is 30.3 Å². The van der Waals surface area contributed by atoms with Crippen LogP contribution in [0, 0.1) is 0 Å². The van der Waals surface area contributed by atoms with Gasteiger partial charge in [0.25, 0.3) is 11.5 Å². The van der Waals surface area contributed by atoms with Crippen LogP contribution in [0.4, 0.5) is 5.69 Å². The molecule has 7 nitrogen and oxygen atoms in total. The lowest BCUT2D eigenvalue weighted by molar-refractivity contribution is -0.117. The minimum absolute atomic E-state index is 0.265. The first-order valence-corrected chi connectivity index (χ1v) is 9.17. The van der Waals surface area contributed by atoms with E-state index < -0.39 is 5.91 Å². The molecule has 0 aliphatic carbocycles. The highest BCUT2D eigenvalue weighted by atomic mass is 35.5. The van der Waals surface area contributed by atoms with E-state index in [-0.39, 0.29) is 28.6 Å². The van der Waals surface area contributed by atoms with Gasteiger partial charge in [-0.05, 0) is 24.3 Å². The zero-order chi connectivity index (χ0) is 21.0. The average Bonchev–Trinajstić information content (AvgIpc) is 2.71. The number of aromatic nitrogens is 2. The van der Waals surface area contributed by atoms with Gasteiger partial charge in [0.15, 0.2) is 0 Å². The van der Waals surface area contributed by atoms with Crippen molar-refractivity contribution in [2.75, 3.05) is 19.4 Å². The Labute approximate surface area is 172 Å². The molecule has 148 valence electrons. The maximum Gasteiger partial charge on any atom is 0.267 e. The first-order chi connectivity index (χ1) is 13.8. The molecular weight excluding hydrogens is 392 g/mol. The number of hydrogen-bond acceptors (Lipinski definition) is 4. The van der Waals surface area contributed by atoms with Gasteiger partial charge >= 0.3 is 0 Å². The third-order valence-electron chi connectivity index (χ3n) is 4.12. The largest absolute Gasteiger partial charge is 0.345 e. The van der Waals surface area contributed by atoms with E-state index in [9.17, 15) is 14.4 Å². The van der Waals surface area contributed by atoms with Crippen LogP contribution >= 0.6 is 11.6 Å². The van der Waals surface area contributed by atoms with E-state index in [4.69, 9.17) is 11.6 Å². The molecule has 0 fully saturated rings. The summed E-state index contributed by atoms with van der Waals surface area (Å²) in [5, 5.41) is 7.23. The molecule has 3 rings (SSSR count). The van der Waals surface area contributed by atoms with Crippen LogP contribution in [0.25, 0.3) is 11.3 Å². The second-order valence-corrected chi connectivity index (χ2v) is 6.93. The molecule has 3 aromatic rings. The molecule has 1 N–H and O–H groups in total. The van der Waals surface area contributed by atoms with Crippen molar-refractivity contribution in [3.05, 3.63) is 81.6 Å². The Kier molecular flexibility index (Phi) is 6.09. The summed E-state index contributed by atoms with van der Waals surface area (Å²) in [5.74, 6) is -0.727. The molecule has 0 saturated heterocycles. The number of halogens is 1. The van der Waals surface area contributed by atoms with Gasteiger partial charge in [0, 0.05) is 31.4 Å². The number of nitrogens with one attached hydrogen (secondary N) is 1. The predicted molar refractivity (Wildman–Crippen MR) is 112 cm³/mol. The molecule has 0 unspecified atom stereocenters. The third-order valence-corrected chi connectivity index (χ3v) is 4.45. The lowest BCUT2D eigenvalue weighted by Crippen LogP contribution is -2.29. The quantitative estimate of drug-likeness (QED) is 0.701. The van der Waals surface area contributed by atoms with Crippen molar-refractivity contribution < 1.29 is 9.59 Å². The number of carbonyl (C=O) groups excluding carboxylic acids is 2. The Morgan fingerprint density at radius 2 is 1.79 bits per heavy atom. The second-order valence-electron chi connectivity index (χ2n) is 6.52. The summed E-state index contributed by atoms with van der Waals surface area (Å²) in [5.41, 5.74) is 1.71. The standard InChI is InChI=1S/C21H19ClN4O3/c1-25(2)21(29)16-12-15(8-9-17(16)22)23-19(27)13-26-20(28)11-10-18(24-26)14-6-4-3-5-7-14/h3-12H,13H2,1-2H3,(H,23,27).